The van der Waals surface area contributed by atoms with Crippen LogP contribution in [0.15, 0.2) is 88.2 Å². The number of aromatic nitrogens is 1. The Morgan fingerprint density at radius 2 is 2.00 bits per heavy atom. The Balaban J connectivity index is 1.49. The van der Waals surface area contributed by atoms with Crippen LogP contribution in [0.5, 0.6) is 0 Å². The second-order valence-corrected chi connectivity index (χ2v) is 8.88. The predicted octanol–water partition coefficient (Wildman–Crippen LogP) is 5.01. The molecule has 1 atom stereocenters. The van der Waals surface area contributed by atoms with Gasteiger partial charge < -0.3 is 16.0 Å². The van der Waals surface area contributed by atoms with Gasteiger partial charge in [0, 0.05) is 47.2 Å². The fourth-order valence-corrected chi connectivity index (χ4v) is 4.64. The molecule has 5 nitrogen and oxygen atoms in total. The van der Waals surface area contributed by atoms with E-state index in [1.165, 1.54) is 0 Å². The molecule has 0 saturated heterocycles. The van der Waals surface area contributed by atoms with E-state index in [1.807, 2.05) is 48.7 Å². The average molecular weight is 457 g/mol. The Morgan fingerprint density at radius 3 is 2.79 bits per heavy atom. The van der Waals surface area contributed by atoms with Crippen molar-refractivity contribution >= 4 is 34.1 Å². The lowest BCUT2D eigenvalue weighted by atomic mass is 9.84. The number of rotatable bonds is 5. The molecule has 1 unspecified atom stereocenters. The number of hydrogen-bond acceptors (Lipinski definition) is 3. The normalized spacial score (nSPS) is 17.6. The third-order valence-corrected chi connectivity index (χ3v) is 6.53. The smallest absolute Gasteiger partial charge is 0.248 e. The molecule has 33 heavy (non-hydrogen) atoms. The van der Waals surface area contributed by atoms with Crippen LogP contribution in [0.2, 0.25) is 0 Å². The van der Waals surface area contributed by atoms with Gasteiger partial charge in [-0.15, -0.1) is 0 Å². The van der Waals surface area contributed by atoms with Gasteiger partial charge >= 0.3 is 0 Å². The van der Waals surface area contributed by atoms with Gasteiger partial charge in [-0.05, 0) is 48.8 Å². The zero-order chi connectivity index (χ0) is 22.9. The fourth-order valence-electron chi connectivity index (χ4n) is 4.37. The number of allylic oxidation sites excluding steroid dienone is 5. The summed E-state index contributed by atoms with van der Waals surface area (Å²) in [7, 11) is 0. The summed E-state index contributed by atoms with van der Waals surface area (Å²) in [5, 5.41) is 4.73. The number of amides is 1. The van der Waals surface area contributed by atoms with Gasteiger partial charge in [0.25, 0.3) is 0 Å². The van der Waals surface area contributed by atoms with E-state index in [2.05, 4.69) is 35.4 Å². The summed E-state index contributed by atoms with van der Waals surface area (Å²) in [5.41, 5.74) is 13.1. The van der Waals surface area contributed by atoms with E-state index in [9.17, 15) is 4.79 Å². The standard InChI is InChI=1S/C27H25ClN4O/c1-16-5-10-24-20(11-16)22(15-30-24)25-12-21(19-3-2-4-23(28)26(19)32-25)27(33)31-14-18-8-6-17(13-29)7-9-18/h2,4-12,15,19,30H,3,13-14,29H2,1H3,(H,31,33). The Labute approximate surface area is 197 Å². The number of carbonyl (C=O) groups excluding carboxylic acids is 1. The quantitative estimate of drug-likeness (QED) is 0.504. The summed E-state index contributed by atoms with van der Waals surface area (Å²) < 4.78 is 0. The van der Waals surface area contributed by atoms with Crippen LogP contribution in [0.3, 0.4) is 0 Å². The number of dihydropyridines is 1. The number of benzene rings is 2. The number of halogens is 1. The third kappa shape index (κ3) is 4.17. The van der Waals surface area contributed by atoms with E-state index in [0.717, 1.165) is 44.6 Å². The summed E-state index contributed by atoms with van der Waals surface area (Å²) in [4.78, 5) is 21.6. The van der Waals surface area contributed by atoms with Crippen molar-refractivity contribution in [1.82, 2.24) is 10.3 Å². The lowest BCUT2D eigenvalue weighted by Gasteiger charge is -2.27. The van der Waals surface area contributed by atoms with Crippen LogP contribution >= 0.6 is 11.6 Å². The molecule has 0 saturated carbocycles. The van der Waals surface area contributed by atoms with E-state index in [-0.39, 0.29) is 11.8 Å². The lowest BCUT2D eigenvalue weighted by Crippen LogP contribution is -2.31. The van der Waals surface area contributed by atoms with Crippen LogP contribution < -0.4 is 11.1 Å². The van der Waals surface area contributed by atoms with Crippen molar-refractivity contribution in [3.63, 3.8) is 0 Å². The SMILES string of the molecule is Cc1ccc2[nH]cc(C3=NC4=C(Cl)C=CCC4C(C(=O)NCc4ccc(CN)cc4)=C3)c2c1. The van der Waals surface area contributed by atoms with Crippen molar-refractivity contribution in [1.29, 1.82) is 0 Å². The van der Waals surface area contributed by atoms with E-state index in [0.29, 0.717) is 30.1 Å². The minimum atomic E-state index is -0.155. The van der Waals surface area contributed by atoms with Gasteiger partial charge in [0.2, 0.25) is 5.91 Å². The number of aliphatic imine (C=N–C) groups is 1. The Hall–Kier alpha value is -3.41. The van der Waals surface area contributed by atoms with Crippen LogP contribution in [0.4, 0.5) is 0 Å². The molecule has 1 amide bonds. The molecule has 2 aliphatic rings. The van der Waals surface area contributed by atoms with Gasteiger partial charge in [0.15, 0.2) is 0 Å². The topological polar surface area (TPSA) is 83.3 Å². The molecule has 2 aromatic carbocycles. The molecule has 5 rings (SSSR count). The highest BCUT2D eigenvalue weighted by Gasteiger charge is 2.31. The molecular formula is C27H25ClN4O. The highest BCUT2D eigenvalue weighted by atomic mass is 35.5. The van der Waals surface area contributed by atoms with Crippen molar-refractivity contribution in [3.8, 4) is 0 Å². The first-order valence-corrected chi connectivity index (χ1v) is 11.4. The summed E-state index contributed by atoms with van der Waals surface area (Å²) in [5.74, 6) is -0.263. The first kappa shape index (κ1) is 21.4. The lowest BCUT2D eigenvalue weighted by molar-refractivity contribution is -0.118. The van der Waals surface area contributed by atoms with E-state index in [1.54, 1.807) is 0 Å². The number of nitrogens with two attached hydrogens (primary N) is 1. The molecule has 1 aliphatic carbocycles. The molecule has 166 valence electrons. The van der Waals surface area contributed by atoms with Gasteiger partial charge in [-0.1, -0.05) is 53.6 Å². The molecule has 0 bridgehead atoms. The Morgan fingerprint density at radius 1 is 1.21 bits per heavy atom. The van der Waals surface area contributed by atoms with Gasteiger partial charge in [0.1, 0.15) is 0 Å². The largest absolute Gasteiger partial charge is 0.360 e. The summed E-state index contributed by atoms with van der Waals surface area (Å²) in [6.07, 6.45) is 8.42. The molecule has 2 heterocycles. The van der Waals surface area contributed by atoms with Crippen LogP contribution in [0.25, 0.3) is 10.9 Å². The number of aryl methyl sites for hydroxylation is 1. The van der Waals surface area contributed by atoms with Crippen LogP contribution in [-0.2, 0) is 17.9 Å². The summed E-state index contributed by atoms with van der Waals surface area (Å²) in [6.45, 7) is 3.00. The minimum Gasteiger partial charge on any atom is -0.360 e. The first-order chi connectivity index (χ1) is 16.0. The van der Waals surface area contributed by atoms with Crippen LogP contribution in [0.1, 0.15) is 28.7 Å². The maximum Gasteiger partial charge on any atom is 0.248 e. The van der Waals surface area contributed by atoms with Crippen molar-refractivity contribution in [2.24, 2.45) is 16.6 Å². The average Bonchev–Trinajstić information content (AvgIpc) is 3.25. The second-order valence-electron chi connectivity index (χ2n) is 8.48. The monoisotopic (exact) mass is 456 g/mol. The van der Waals surface area contributed by atoms with Crippen molar-refractivity contribution in [3.05, 3.63) is 105 Å². The molecule has 0 fully saturated rings. The molecule has 3 aromatic rings. The van der Waals surface area contributed by atoms with Crippen LogP contribution in [0, 0.1) is 12.8 Å². The zero-order valence-corrected chi connectivity index (χ0v) is 19.1. The van der Waals surface area contributed by atoms with Gasteiger partial charge in [-0.25, -0.2) is 0 Å². The summed E-state index contributed by atoms with van der Waals surface area (Å²) in [6, 6.07) is 14.2. The predicted molar refractivity (Wildman–Crippen MR) is 134 cm³/mol. The maximum absolute atomic E-state index is 13.3. The van der Waals surface area contributed by atoms with Crippen molar-refractivity contribution in [2.45, 2.75) is 26.4 Å². The number of fused-ring (bicyclic) bond motifs is 2. The van der Waals surface area contributed by atoms with Crippen molar-refractivity contribution < 1.29 is 4.79 Å². The zero-order valence-electron chi connectivity index (χ0n) is 18.4. The van der Waals surface area contributed by atoms with Gasteiger partial charge in [-0.2, -0.15) is 0 Å². The summed E-state index contributed by atoms with van der Waals surface area (Å²) >= 11 is 6.54. The molecule has 6 heteroatoms. The van der Waals surface area contributed by atoms with Crippen LogP contribution in [-0.4, -0.2) is 16.6 Å². The number of carbonyl (C=O) groups is 1. The third-order valence-electron chi connectivity index (χ3n) is 6.21. The number of hydrogen-bond donors (Lipinski definition) is 3. The van der Waals surface area contributed by atoms with Gasteiger partial charge in [-0.3, -0.25) is 9.79 Å². The molecular weight excluding hydrogens is 432 g/mol. The van der Waals surface area contributed by atoms with E-state index in [4.69, 9.17) is 22.3 Å². The number of H-pyrrole nitrogens is 1. The van der Waals surface area contributed by atoms with E-state index >= 15 is 0 Å². The number of nitrogens with one attached hydrogen (secondary N) is 2. The number of aromatic amines is 1. The second kappa shape index (κ2) is 8.85. The number of nitrogens with zero attached hydrogens (tertiary/aromatic N) is 1. The highest BCUT2D eigenvalue weighted by Crippen LogP contribution is 2.38. The Kier molecular flexibility index (Phi) is 5.75. The molecule has 4 N–H and O–H groups in total. The fraction of sp³-hybridized carbons (Fsp3) is 0.185. The highest BCUT2D eigenvalue weighted by molar-refractivity contribution is 6.32. The minimum absolute atomic E-state index is 0.108. The Bertz CT molecular complexity index is 1360. The first-order valence-electron chi connectivity index (χ1n) is 11.0. The van der Waals surface area contributed by atoms with Gasteiger partial charge in [0.05, 0.1) is 16.4 Å². The maximum atomic E-state index is 13.3. The van der Waals surface area contributed by atoms with E-state index < -0.39 is 0 Å². The molecule has 0 radical (unpaired) electrons. The molecule has 1 aliphatic heterocycles. The molecule has 0 spiro atoms. The van der Waals surface area contributed by atoms with Crippen molar-refractivity contribution in [2.75, 3.05) is 0 Å². The molecule has 1 aromatic heterocycles.